The lowest BCUT2D eigenvalue weighted by Gasteiger charge is -2.26. The van der Waals surface area contributed by atoms with Gasteiger partial charge < -0.3 is 19.7 Å². The number of hydrogen-bond donors (Lipinski definition) is 1. The van der Waals surface area contributed by atoms with Crippen molar-refractivity contribution in [2.24, 2.45) is 0 Å². The molecule has 7 heteroatoms. The van der Waals surface area contributed by atoms with Crippen molar-refractivity contribution in [2.75, 3.05) is 38.0 Å². The summed E-state index contributed by atoms with van der Waals surface area (Å²) in [6.45, 7) is 10.3. The number of amides is 1. The predicted octanol–water partition coefficient (Wildman–Crippen LogP) is 8.30. The summed E-state index contributed by atoms with van der Waals surface area (Å²) in [7, 11) is 0. The van der Waals surface area contributed by atoms with Crippen LogP contribution in [0.3, 0.4) is 0 Å². The number of likely N-dealkylation sites (tertiary alicyclic amines) is 1. The van der Waals surface area contributed by atoms with Crippen molar-refractivity contribution >= 4 is 34.4 Å². The number of anilines is 2. The first-order valence-corrected chi connectivity index (χ1v) is 17.1. The number of nitrogens with zero attached hydrogens (tertiary/aromatic N) is 4. The molecule has 236 valence electrons. The summed E-state index contributed by atoms with van der Waals surface area (Å²) in [6, 6.07) is 19.8. The summed E-state index contributed by atoms with van der Waals surface area (Å²) in [5.41, 5.74) is 6.84. The van der Waals surface area contributed by atoms with E-state index in [9.17, 15) is 9.59 Å². The van der Waals surface area contributed by atoms with Gasteiger partial charge in [0.1, 0.15) is 0 Å². The number of carbonyl (C=O) groups excluding carboxylic acids is 2. The Bertz CT molecular complexity index is 1640. The lowest BCUT2D eigenvalue weighted by molar-refractivity contribution is 0.0751. The van der Waals surface area contributed by atoms with Crippen LogP contribution in [0.1, 0.15) is 97.9 Å². The average Bonchev–Trinajstić information content (AvgIpc) is 3.56. The van der Waals surface area contributed by atoms with Crippen molar-refractivity contribution in [2.45, 2.75) is 78.2 Å². The second-order valence-electron chi connectivity index (χ2n) is 12.7. The number of benzene rings is 3. The van der Waals surface area contributed by atoms with E-state index in [1.807, 2.05) is 65.6 Å². The Labute approximate surface area is 267 Å². The van der Waals surface area contributed by atoms with Crippen LogP contribution in [0, 0.1) is 0 Å². The highest BCUT2D eigenvalue weighted by molar-refractivity contribution is 6.22. The normalized spacial score (nSPS) is 14.5. The molecule has 1 aliphatic heterocycles. The smallest absolute Gasteiger partial charge is 0.253 e. The highest BCUT2D eigenvalue weighted by Crippen LogP contribution is 2.38. The Balaban J connectivity index is 1.28. The van der Waals surface area contributed by atoms with Crippen molar-refractivity contribution in [3.8, 4) is 11.1 Å². The van der Waals surface area contributed by atoms with E-state index in [0.717, 1.165) is 115 Å². The molecule has 3 aromatic carbocycles. The maximum absolute atomic E-state index is 13.7. The van der Waals surface area contributed by atoms with Gasteiger partial charge in [0.15, 0.2) is 5.78 Å². The summed E-state index contributed by atoms with van der Waals surface area (Å²) in [5.74, 6) is 0.904. The number of unbranched alkanes of at least 4 members (excludes halogenated alkanes) is 3. The molecule has 0 atom stereocenters. The Morgan fingerprint density at radius 1 is 0.800 bits per heavy atom. The lowest BCUT2D eigenvalue weighted by Crippen LogP contribution is -2.33. The van der Waals surface area contributed by atoms with Gasteiger partial charge in [-0.15, -0.1) is 0 Å². The second-order valence-corrected chi connectivity index (χ2v) is 12.7. The van der Waals surface area contributed by atoms with Crippen molar-refractivity contribution in [1.82, 2.24) is 19.4 Å². The van der Waals surface area contributed by atoms with Crippen LogP contribution in [0.2, 0.25) is 0 Å². The van der Waals surface area contributed by atoms with E-state index >= 15 is 0 Å². The predicted molar refractivity (Wildman–Crippen MR) is 184 cm³/mol. The third-order valence-corrected chi connectivity index (χ3v) is 9.38. The number of ketones is 1. The zero-order valence-electron chi connectivity index (χ0n) is 27.0. The number of carbonyl (C=O) groups is 2. The third kappa shape index (κ3) is 6.84. The molecule has 0 unspecified atom stereocenters. The zero-order valence-corrected chi connectivity index (χ0v) is 27.0. The highest BCUT2D eigenvalue weighted by atomic mass is 16.2. The van der Waals surface area contributed by atoms with Crippen molar-refractivity contribution < 1.29 is 9.59 Å². The number of rotatable bonds is 14. The number of aromatic nitrogens is 2. The first-order chi connectivity index (χ1) is 22.1. The molecule has 1 N–H and O–H groups in total. The standard InChI is InChI=1S/C38H47N5O2/c1-3-5-23-42(24-6-4-2)37(45)28-16-19-34-35(26-28)43(25-13-12-22-41-20-10-7-11-21-41)38(40-34)39-29-17-18-31-30-14-8-9-15-32(30)36(44)33(31)27-29/h8-9,14-19,26-27H,3-7,10-13,20-25H2,1-2H3,(H,39,40). The molecule has 7 nitrogen and oxygen atoms in total. The Hall–Kier alpha value is -3.97. The number of nitrogens with one attached hydrogen (secondary N) is 1. The fourth-order valence-electron chi connectivity index (χ4n) is 6.80. The topological polar surface area (TPSA) is 70.5 Å². The fraction of sp³-hybridized carbons (Fsp3) is 0.447. The van der Waals surface area contributed by atoms with Crippen molar-refractivity contribution in [1.29, 1.82) is 0 Å². The maximum Gasteiger partial charge on any atom is 0.253 e. The van der Waals surface area contributed by atoms with E-state index < -0.39 is 0 Å². The van der Waals surface area contributed by atoms with Crippen LogP contribution < -0.4 is 5.32 Å². The minimum atomic E-state index is 0.0642. The van der Waals surface area contributed by atoms with Gasteiger partial charge in [0, 0.05) is 42.0 Å². The van der Waals surface area contributed by atoms with Crippen molar-refractivity contribution in [3.63, 3.8) is 0 Å². The van der Waals surface area contributed by atoms with Gasteiger partial charge >= 0.3 is 0 Å². The highest BCUT2D eigenvalue weighted by Gasteiger charge is 2.26. The molecule has 1 fully saturated rings. The number of hydrogen-bond acceptors (Lipinski definition) is 5. The molecule has 1 aliphatic carbocycles. The molecular formula is C38H47N5O2. The van der Waals surface area contributed by atoms with Gasteiger partial charge in [0.25, 0.3) is 5.91 Å². The second kappa shape index (κ2) is 14.4. The van der Waals surface area contributed by atoms with Crippen LogP contribution in [-0.2, 0) is 6.54 Å². The van der Waals surface area contributed by atoms with Gasteiger partial charge in [-0.3, -0.25) is 9.59 Å². The van der Waals surface area contributed by atoms with Gasteiger partial charge in [0.2, 0.25) is 5.95 Å². The van der Waals surface area contributed by atoms with Gasteiger partial charge in [-0.05, 0) is 99.6 Å². The molecular weight excluding hydrogens is 558 g/mol. The van der Waals surface area contributed by atoms with Gasteiger partial charge in [0.05, 0.1) is 11.0 Å². The summed E-state index contributed by atoms with van der Waals surface area (Å²) in [4.78, 5) is 36.5. The summed E-state index contributed by atoms with van der Waals surface area (Å²) in [5, 5.41) is 3.55. The summed E-state index contributed by atoms with van der Waals surface area (Å²) in [6.07, 6.45) is 10.2. The molecule has 2 heterocycles. The summed E-state index contributed by atoms with van der Waals surface area (Å²) < 4.78 is 2.23. The zero-order chi connectivity index (χ0) is 31.2. The quantitative estimate of drug-likeness (QED) is 0.129. The lowest BCUT2D eigenvalue weighted by atomic mass is 10.1. The largest absolute Gasteiger partial charge is 0.339 e. The molecule has 2 aliphatic rings. The van der Waals surface area contributed by atoms with E-state index in [0.29, 0.717) is 0 Å². The number of aryl methyl sites for hydroxylation is 1. The molecule has 4 aromatic rings. The van der Waals surface area contributed by atoms with Crippen LogP contribution in [0.5, 0.6) is 0 Å². The van der Waals surface area contributed by atoms with Crippen molar-refractivity contribution in [3.05, 3.63) is 77.4 Å². The third-order valence-electron chi connectivity index (χ3n) is 9.38. The minimum absolute atomic E-state index is 0.0642. The van der Waals surface area contributed by atoms with E-state index in [2.05, 4.69) is 28.6 Å². The molecule has 1 amide bonds. The first-order valence-electron chi connectivity index (χ1n) is 17.1. The molecule has 0 bridgehead atoms. The molecule has 0 saturated carbocycles. The Morgan fingerprint density at radius 3 is 2.27 bits per heavy atom. The van der Waals surface area contributed by atoms with E-state index in [-0.39, 0.29) is 11.7 Å². The minimum Gasteiger partial charge on any atom is -0.339 e. The Morgan fingerprint density at radius 2 is 1.51 bits per heavy atom. The first kappa shape index (κ1) is 31.0. The van der Waals surface area contributed by atoms with Gasteiger partial charge in [-0.1, -0.05) is 63.4 Å². The van der Waals surface area contributed by atoms with E-state index in [1.165, 1.54) is 32.4 Å². The van der Waals surface area contributed by atoms with Gasteiger partial charge in [-0.2, -0.15) is 0 Å². The van der Waals surface area contributed by atoms with Crippen LogP contribution in [0.4, 0.5) is 11.6 Å². The number of imidazole rings is 1. The van der Waals surface area contributed by atoms with Crippen LogP contribution in [-0.4, -0.2) is 63.8 Å². The fourth-order valence-corrected chi connectivity index (χ4v) is 6.80. The molecule has 1 saturated heterocycles. The molecule has 6 rings (SSSR count). The van der Waals surface area contributed by atoms with E-state index in [4.69, 9.17) is 4.98 Å². The molecule has 45 heavy (non-hydrogen) atoms. The van der Waals surface area contributed by atoms with Crippen LogP contribution in [0.15, 0.2) is 60.7 Å². The maximum atomic E-state index is 13.7. The average molecular weight is 606 g/mol. The summed E-state index contributed by atoms with van der Waals surface area (Å²) >= 11 is 0. The van der Waals surface area contributed by atoms with E-state index in [1.54, 1.807) is 0 Å². The van der Waals surface area contributed by atoms with Gasteiger partial charge in [-0.25, -0.2) is 4.98 Å². The van der Waals surface area contributed by atoms with Crippen LogP contribution >= 0.6 is 0 Å². The van der Waals surface area contributed by atoms with Crippen LogP contribution in [0.25, 0.3) is 22.2 Å². The number of piperidine rings is 1. The SMILES string of the molecule is CCCCN(CCCC)C(=O)c1ccc2nc(Nc3ccc4c(c3)C(=O)c3ccccc3-4)n(CCCCN3CCCCC3)c2c1. The molecule has 1 aromatic heterocycles. The molecule has 0 spiro atoms. The Kier molecular flexibility index (Phi) is 9.94. The molecule has 0 radical (unpaired) electrons. The number of fused-ring (bicyclic) bond motifs is 4. The monoisotopic (exact) mass is 605 g/mol.